The van der Waals surface area contributed by atoms with Crippen molar-refractivity contribution in [1.82, 2.24) is 4.40 Å². The monoisotopic (exact) mass is 267 g/mol. The Hall–Kier alpha value is -1.80. The molecule has 0 spiro atoms. The molecular weight excluding hydrogens is 246 g/mol. The third-order valence-electron chi connectivity index (χ3n) is 3.76. The summed E-state index contributed by atoms with van der Waals surface area (Å²) in [5.74, 6) is 0. The highest BCUT2D eigenvalue weighted by molar-refractivity contribution is 5.85. The normalized spacial score (nSPS) is 11.4. The lowest BCUT2D eigenvalue weighted by Crippen LogP contribution is -1.99. The zero-order chi connectivity index (χ0) is 13.8. The first-order valence-electron chi connectivity index (χ1n) is 7.45. The topological polar surface area (TPSA) is 13.6 Å². The molecule has 0 bridgehead atoms. The van der Waals surface area contributed by atoms with Gasteiger partial charge in [-0.1, -0.05) is 44.0 Å². The summed E-state index contributed by atoms with van der Waals surface area (Å²) in [5.41, 5.74) is 3.77. The number of nitrogens with zero attached hydrogens (tertiary/aromatic N) is 1. The highest BCUT2D eigenvalue weighted by Crippen LogP contribution is 2.22. The highest BCUT2D eigenvalue weighted by atomic mass is 16.5. The van der Waals surface area contributed by atoms with Crippen molar-refractivity contribution >= 4 is 16.4 Å². The average molecular weight is 267 g/mol. The van der Waals surface area contributed by atoms with Gasteiger partial charge in [-0.3, -0.25) is 0 Å². The van der Waals surface area contributed by atoms with E-state index in [2.05, 4.69) is 60.0 Å². The molecule has 3 aromatic rings. The van der Waals surface area contributed by atoms with E-state index < -0.39 is 0 Å². The Kier molecular flexibility index (Phi) is 4.03. The maximum absolute atomic E-state index is 5.84. The van der Waals surface area contributed by atoms with Crippen LogP contribution in [0.4, 0.5) is 0 Å². The van der Waals surface area contributed by atoms with Crippen molar-refractivity contribution in [2.75, 3.05) is 6.61 Å². The molecule has 0 aliphatic carbocycles. The second-order valence-electron chi connectivity index (χ2n) is 5.25. The van der Waals surface area contributed by atoms with Crippen molar-refractivity contribution in [3.8, 4) is 0 Å². The van der Waals surface area contributed by atoms with Gasteiger partial charge in [0.15, 0.2) is 0 Å². The average Bonchev–Trinajstić information content (AvgIpc) is 2.95. The van der Waals surface area contributed by atoms with Crippen LogP contribution in [0.5, 0.6) is 0 Å². The molecule has 2 heterocycles. The minimum absolute atomic E-state index is 0.693. The van der Waals surface area contributed by atoms with Gasteiger partial charge in [-0.2, -0.15) is 0 Å². The quantitative estimate of drug-likeness (QED) is 0.585. The van der Waals surface area contributed by atoms with Crippen LogP contribution in [0.2, 0.25) is 0 Å². The van der Waals surface area contributed by atoms with Crippen LogP contribution in [0, 0.1) is 0 Å². The molecule has 1 aromatic carbocycles. The van der Waals surface area contributed by atoms with E-state index in [0.717, 1.165) is 13.0 Å². The molecule has 2 heteroatoms. The lowest BCUT2D eigenvalue weighted by molar-refractivity contribution is 0.118. The maximum Gasteiger partial charge on any atom is 0.0737 e. The van der Waals surface area contributed by atoms with Crippen LogP contribution in [-0.4, -0.2) is 11.0 Å². The van der Waals surface area contributed by atoms with Crippen molar-refractivity contribution in [2.45, 2.75) is 32.8 Å². The van der Waals surface area contributed by atoms with E-state index in [1.165, 1.54) is 34.8 Å². The number of para-hydroxylation sites is 1. The minimum Gasteiger partial charge on any atom is -0.377 e. The standard InChI is InChI=1S/C18H21NO/c1-2-3-4-13-20-14-16-8-5-7-15-10-11-17-9-6-12-19(17)18(15)16/h5-12H,2-4,13-14H2,1H3. The van der Waals surface area contributed by atoms with Gasteiger partial charge in [0, 0.05) is 23.9 Å². The molecule has 2 aromatic heterocycles. The molecule has 0 aliphatic heterocycles. The molecule has 0 atom stereocenters. The Morgan fingerprint density at radius 2 is 1.95 bits per heavy atom. The number of rotatable bonds is 6. The lowest BCUT2D eigenvalue weighted by atomic mass is 10.1. The molecule has 0 amide bonds. The van der Waals surface area contributed by atoms with Gasteiger partial charge < -0.3 is 9.14 Å². The first-order chi connectivity index (χ1) is 9.90. The summed E-state index contributed by atoms with van der Waals surface area (Å²) in [6, 6.07) is 15.0. The van der Waals surface area contributed by atoms with Crippen molar-refractivity contribution in [3.05, 3.63) is 54.2 Å². The first kappa shape index (κ1) is 13.2. The minimum atomic E-state index is 0.693. The summed E-state index contributed by atoms with van der Waals surface area (Å²) in [4.78, 5) is 0. The molecule has 0 saturated carbocycles. The second kappa shape index (κ2) is 6.10. The molecule has 20 heavy (non-hydrogen) atoms. The van der Waals surface area contributed by atoms with Gasteiger partial charge in [-0.05, 0) is 30.0 Å². The van der Waals surface area contributed by atoms with Crippen LogP contribution in [0.3, 0.4) is 0 Å². The predicted octanol–water partition coefficient (Wildman–Crippen LogP) is 4.80. The van der Waals surface area contributed by atoms with Gasteiger partial charge in [0.1, 0.15) is 0 Å². The van der Waals surface area contributed by atoms with Crippen LogP contribution in [0.25, 0.3) is 16.4 Å². The molecule has 0 aliphatic rings. The molecule has 104 valence electrons. The van der Waals surface area contributed by atoms with Gasteiger partial charge in [0.2, 0.25) is 0 Å². The third kappa shape index (κ3) is 2.56. The maximum atomic E-state index is 5.84. The third-order valence-corrected chi connectivity index (χ3v) is 3.76. The molecule has 0 radical (unpaired) electrons. The summed E-state index contributed by atoms with van der Waals surface area (Å²) in [6.45, 7) is 3.76. The van der Waals surface area contributed by atoms with E-state index in [1.807, 2.05) is 0 Å². The number of fused-ring (bicyclic) bond motifs is 3. The molecule has 0 unspecified atom stereocenters. The number of hydrogen-bond donors (Lipinski definition) is 0. The van der Waals surface area contributed by atoms with Gasteiger partial charge in [0.05, 0.1) is 12.1 Å². The van der Waals surface area contributed by atoms with Crippen LogP contribution in [-0.2, 0) is 11.3 Å². The van der Waals surface area contributed by atoms with Crippen LogP contribution >= 0.6 is 0 Å². The Balaban J connectivity index is 1.88. The summed E-state index contributed by atoms with van der Waals surface area (Å²) in [5, 5.41) is 1.27. The number of ether oxygens (including phenoxy) is 1. The fourth-order valence-corrected chi connectivity index (χ4v) is 2.70. The fraction of sp³-hybridized carbons (Fsp3) is 0.333. The highest BCUT2D eigenvalue weighted by Gasteiger charge is 2.05. The van der Waals surface area contributed by atoms with Crippen LogP contribution in [0.15, 0.2) is 48.7 Å². The number of aromatic nitrogens is 1. The lowest BCUT2D eigenvalue weighted by Gasteiger charge is -2.10. The second-order valence-corrected chi connectivity index (χ2v) is 5.25. The zero-order valence-corrected chi connectivity index (χ0v) is 12.0. The van der Waals surface area contributed by atoms with Gasteiger partial charge >= 0.3 is 0 Å². The SMILES string of the molecule is CCCCCOCc1cccc2ccc3cccn3c12. The van der Waals surface area contributed by atoms with Gasteiger partial charge in [-0.15, -0.1) is 0 Å². The fourth-order valence-electron chi connectivity index (χ4n) is 2.70. The Bertz CT molecular complexity index is 699. The van der Waals surface area contributed by atoms with Crippen molar-refractivity contribution in [3.63, 3.8) is 0 Å². The first-order valence-corrected chi connectivity index (χ1v) is 7.45. The van der Waals surface area contributed by atoms with E-state index in [4.69, 9.17) is 4.74 Å². The summed E-state index contributed by atoms with van der Waals surface area (Å²) >= 11 is 0. The van der Waals surface area contributed by atoms with Crippen molar-refractivity contribution < 1.29 is 4.74 Å². The number of benzene rings is 1. The Labute approximate surface area is 120 Å². The Morgan fingerprint density at radius 1 is 1.00 bits per heavy atom. The molecule has 2 nitrogen and oxygen atoms in total. The molecule has 3 rings (SSSR count). The van der Waals surface area contributed by atoms with E-state index in [9.17, 15) is 0 Å². The number of hydrogen-bond acceptors (Lipinski definition) is 1. The van der Waals surface area contributed by atoms with Gasteiger partial charge in [-0.25, -0.2) is 0 Å². The summed E-state index contributed by atoms with van der Waals surface area (Å²) in [6.07, 6.45) is 5.76. The predicted molar refractivity (Wildman–Crippen MR) is 84.1 cm³/mol. The zero-order valence-electron chi connectivity index (χ0n) is 12.0. The van der Waals surface area contributed by atoms with E-state index in [-0.39, 0.29) is 0 Å². The molecule has 0 N–H and O–H groups in total. The van der Waals surface area contributed by atoms with Gasteiger partial charge in [0.25, 0.3) is 0 Å². The van der Waals surface area contributed by atoms with Crippen molar-refractivity contribution in [2.24, 2.45) is 0 Å². The Morgan fingerprint density at radius 3 is 2.85 bits per heavy atom. The summed E-state index contributed by atoms with van der Waals surface area (Å²) < 4.78 is 8.09. The molecule has 0 fully saturated rings. The van der Waals surface area contributed by atoms with E-state index in [0.29, 0.717) is 6.61 Å². The van der Waals surface area contributed by atoms with E-state index >= 15 is 0 Å². The smallest absolute Gasteiger partial charge is 0.0737 e. The largest absolute Gasteiger partial charge is 0.377 e. The summed E-state index contributed by atoms with van der Waals surface area (Å²) in [7, 11) is 0. The van der Waals surface area contributed by atoms with Crippen LogP contribution in [0.1, 0.15) is 31.7 Å². The van der Waals surface area contributed by atoms with E-state index in [1.54, 1.807) is 0 Å². The van der Waals surface area contributed by atoms with Crippen molar-refractivity contribution in [1.29, 1.82) is 0 Å². The molecular formula is C18H21NO. The van der Waals surface area contributed by atoms with Crippen LogP contribution < -0.4 is 0 Å². The number of unbranched alkanes of at least 4 members (excludes halogenated alkanes) is 2. The number of pyridine rings is 1. The molecule has 0 saturated heterocycles.